The fourth-order valence-electron chi connectivity index (χ4n) is 7.89. The van der Waals surface area contributed by atoms with Crippen LogP contribution >= 0.6 is 0 Å². The molecule has 38 heavy (non-hydrogen) atoms. The first-order valence-electron chi connectivity index (χ1n) is 13.2. The quantitative estimate of drug-likeness (QED) is 0.427. The summed E-state index contributed by atoms with van der Waals surface area (Å²) in [4.78, 5) is 15.0. The van der Waals surface area contributed by atoms with E-state index in [1.165, 1.54) is 11.2 Å². The standard InChI is InChI=1S/C29H34N2O6S/c1-4-15-31-16-14-28-25-21-10-11-23(33)26(25)36-27(28)22(12-13-29(28,24(31)17-21)37-19(2)32)30(3)38(34,35)18-20-8-6-5-7-9-20/h4-11,22,24,27,33H,1,12-18H2,2-3H3/t22?,24-,27?,28+,29-/m1/s1. The van der Waals surface area contributed by atoms with Crippen LogP contribution in [0.25, 0.3) is 0 Å². The van der Waals surface area contributed by atoms with Gasteiger partial charge in [0.25, 0.3) is 0 Å². The number of hydrogen-bond acceptors (Lipinski definition) is 7. The minimum Gasteiger partial charge on any atom is -0.504 e. The molecule has 1 N–H and O–H groups in total. The zero-order chi connectivity index (χ0) is 26.9. The van der Waals surface area contributed by atoms with Crippen LogP contribution in [0, 0.1) is 0 Å². The van der Waals surface area contributed by atoms with Gasteiger partial charge in [0.05, 0.1) is 23.3 Å². The van der Waals surface area contributed by atoms with Crippen LogP contribution in [0.1, 0.15) is 42.9 Å². The van der Waals surface area contributed by atoms with Crippen molar-refractivity contribution in [3.05, 3.63) is 71.8 Å². The lowest BCUT2D eigenvalue weighted by atomic mass is 9.48. The number of hydrogen-bond donors (Lipinski definition) is 1. The predicted molar refractivity (Wildman–Crippen MR) is 142 cm³/mol. The van der Waals surface area contributed by atoms with Gasteiger partial charge in [-0.05, 0) is 42.9 Å². The monoisotopic (exact) mass is 538 g/mol. The fourth-order valence-corrected chi connectivity index (χ4v) is 9.33. The van der Waals surface area contributed by atoms with Gasteiger partial charge in [0.15, 0.2) is 11.5 Å². The van der Waals surface area contributed by atoms with Crippen molar-refractivity contribution < 1.29 is 27.8 Å². The number of phenols is 1. The molecule has 0 amide bonds. The molecule has 9 heteroatoms. The number of sulfonamides is 1. The molecule has 5 atom stereocenters. The van der Waals surface area contributed by atoms with Crippen molar-refractivity contribution in [3.8, 4) is 11.5 Å². The molecule has 2 aromatic carbocycles. The topological polar surface area (TPSA) is 96.4 Å². The average molecular weight is 539 g/mol. The molecule has 6 rings (SSSR count). The maximum Gasteiger partial charge on any atom is 0.303 e. The SMILES string of the molecule is C=CCN1CC[C@]23c4c5ccc(O)c4OC2C(N(C)S(=O)(=O)Cc2ccccc2)CC[C@@]3(OC(C)=O)[C@H]1C5. The Morgan fingerprint density at radius 1 is 1.26 bits per heavy atom. The van der Waals surface area contributed by atoms with Crippen molar-refractivity contribution in [1.82, 2.24) is 9.21 Å². The maximum atomic E-state index is 13.7. The first-order chi connectivity index (χ1) is 18.1. The first kappa shape index (κ1) is 25.4. The molecule has 4 aliphatic rings. The minimum absolute atomic E-state index is 0.0322. The van der Waals surface area contributed by atoms with Gasteiger partial charge in [-0.25, -0.2) is 8.42 Å². The summed E-state index contributed by atoms with van der Waals surface area (Å²) in [6, 6.07) is 12.1. The number of phenolic OH excluding ortho intramolecular Hbond substituents is 1. The maximum absolute atomic E-state index is 13.7. The minimum atomic E-state index is -3.69. The molecule has 2 heterocycles. The van der Waals surface area contributed by atoms with Crippen LogP contribution < -0.4 is 4.74 Å². The Kier molecular flexibility index (Phi) is 5.90. The molecule has 0 aromatic heterocycles. The highest BCUT2D eigenvalue weighted by Crippen LogP contribution is 2.67. The number of aromatic hydroxyl groups is 1. The van der Waals surface area contributed by atoms with E-state index in [4.69, 9.17) is 9.47 Å². The Labute approximate surface area is 223 Å². The van der Waals surface area contributed by atoms with Crippen molar-refractivity contribution >= 4 is 16.0 Å². The normalized spacial score (nSPS) is 31.4. The van der Waals surface area contributed by atoms with Crippen LogP contribution in [-0.4, -0.2) is 72.6 Å². The first-order valence-corrected chi connectivity index (χ1v) is 14.8. The largest absolute Gasteiger partial charge is 0.504 e. The van der Waals surface area contributed by atoms with E-state index in [0.717, 1.165) is 17.7 Å². The van der Waals surface area contributed by atoms with Gasteiger partial charge >= 0.3 is 5.97 Å². The van der Waals surface area contributed by atoms with Gasteiger partial charge in [-0.3, -0.25) is 9.69 Å². The Hall–Kier alpha value is -2.88. The van der Waals surface area contributed by atoms with Crippen molar-refractivity contribution in [2.24, 2.45) is 0 Å². The molecular formula is C29H34N2O6S. The highest BCUT2D eigenvalue weighted by atomic mass is 32.2. The summed E-state index contributed by atoms with van der Waals surface area (Å²) in [6.07, 6.45) is 3.48. The van der Waals surface area contributed by atoms with Crippen molar-refractivity contribution in [1.29, 1.82) is 0 Å². The number of esters is 1. The third kappa shape index (κ3) is 3.41. The molecule has 2 aliphatic heterocycles. The molecule has 8 nitrogen and oxygen atoms in total. The van der Waals surface area contributed by atoms with E-state index in [9.17, 15) is 18.3 Å². The zero-order valence-electron chi connectivity index (χ0n) is 21.8. The van der Waals surface area contributed by atoms with Crippen LogP contribution in [0.15, 0.2) is 55.1 Å². The highest BCUT2D eigenvalue weighted by molar-refractivity contribution is 7.88. The molecule has 2 unspecified atom stereocenters. The molecule has 1 spiro atoms. The van der Waals surface area contributed by atoms with E-state index < -0.39 is 33.2 Å². The Morgan fingerprint density at radius 2 is 2.03 bits per heavy atom. The fraction of sp³-hybridized carbons (Fsp3) is 0.483. The van der Waals surface area contributed by atoms with Crippen LogP contribution in [0.5, 0.6) is 11.5 Å². The number of likely N-dealkylation sites (N-methyl/N-ethyl adjacent to an activating group) is 1. The number of piperidine rings is 1. The van der Waals surface area contributed by atoms with Crippen molar-refractivity contribution in [2.45, 2.75) is 67.6 Å². The number of carbonyl (C=O) groups is 1. The molecule has 1 saturated carbocycles. The lowest BCUT2D eigenvalue weighted by molar-refractivity contribution is -0.220. The number of rotatable bonds is 7. The van der Waals surface area contributed by atoms with Crippen molar-refractivity contribution in [2.75, 3.05) is 20.1 Å². The molecule has 202 valence electrons. The van der Waals surface area contributed by atoms with Crippen LogP contribution in [-0.2, 0) is 37.1 Å². The van der Waals surface area contributed by atoms with Crippen molar-refractivity contribution in [3.63, 3.8) is 0 Å². The summed E-state index contributed by atoms with van der Waals surface area (Å²) in [7, 11) is -2.07. The molecule has 2 aliphatic carbocycles. The summed E-state index contributed by atoms with van der Waals surface area (Å²) >= 11 is 0. The Bertz CT molecular complexity index is 1400. The van der Waals surface area contributed by atoms with E-state index in [1.54, 1.807) is 13.1 Å². The summed E-state index contributed by atoms with van der Waals surface area (Å²) in [5.74, 6) is -0.0474. The van der Waals surface area contributed by atoms with Gasteiger partial charge < -0.3 is 14.6 Å². The molecule has 2 aromatic rings. The highest BCUT2D eigenvalue weighted by Gasteiger charge is 2.75. The van der Waals surface area contributed by atoms with E-state index in [2.05, 4.69) is 11.5 Å². The average Bonchev–Trinajstić information content (AvgIpc) is 3.22. The number of carbonyl (C=O) groups excluding carboxylic acids is 1. The van der Waals surface area contributed by atoms with E-state index in [1.807, 2.05) is 42.5 Å². The Morgan fingerprint density at radius 3 is 2.74 bits per heavy atom. The van der Waals surface area contributed by atoms with Gasteiger partial charge in [0.1, 0.15) is 11.7 Å². The van der Waals surface area contributed by atoms with Gasteiger partial charge in [-0.1, -0.05) is 42.5 Å². The number of likely N-dealkylation sites (tertiary alicyclic amines) is 1. The third-order valence-corrected chi connectivity index (χ3v) is 11.1. The second-order valence-corrected chi connectivity index (χ2v) is 13.1. The lowest BCUT2D eigenvalue weighted by Gasteiger charge is -2.65. The summed E-state index contributed by atoms with van der Waals surface area (Å²) < 4.78 is 41.8. The molecule has 2 bridgehead atoms. The predicted octanol–water partition coefficient (Wildman–Crippen LogP) is 3.13. The third-order valence-electron chi connectivity index (χ3n) is 9.29. The Balaban J connectivity index is 1.49. The number of ether oxygens (including phenoxy) is 2. The number of nitrogens with zero attached hydrogens (tertiary/aromatic N) is 2. The summed E-state index contributed by atoms with van der Waals surface area (Å²) in [6.45, 7) is 6.76. The second kappa shape index (κ2) is 8.83. The molecule has 2 fully saturated rings. The smallest absolute Gasteiger partial charge is 0.303 e. The van der Waals surface area contributed by atoms with E-state index in [0.29, 0.717) is 43.5 Å². The van der Waals surface area contributed by atoms with Gasteiger partial charge in [-0.2, -0.15) is 4.31 Å². The van der Waals surface area contributed by atoms with Gasteiger partial charge in [-0.15, -0.1) is 6.58 Å². The number of benzene rings is 2. The second-order valence-electron chi connectivity index (χ2n) is 11.1. The molecule has 1 saturated heterocycles. The summed E-state index contributed by atoms with van der Waals surface area (Å²) in [5.41, 5.74) is 0.974. The van der Waals surface area contributed by atoms with Gasteiger partial charge in [0.2, 0.25) is 10.0 Å². The van der Waals surface area contributed by atoms with Gasteiger partial charge in [0, 0.05) is 32.6 Å². The van der Waals surface area contributed by atoms with Crippen LogP contribution in [0.4, 0.5) is 0 Å². The molecule has 0 radical (unpaired) electrons. The van der Waals surface area contributed by atoms with Crippen LogP contribution in [0.2, 0.25) is 0 Å². The lowest BCUT2D eigenvalue weighted by Crippen LogP contribution is -2.79. The molecular weight excluding hydrogens is 504 g/mol. The summed E-state index contributed by atoms with van der Waals surface area (Å²) in [5, 5.41) is 10.9. The van der Waals surface area contributed by atoms with Crippen LogP contribution in [0.3, 0.4) is 0 Å². The zero-order valence-corrected chi connectivity index (χ0v) is 22.6. The van der Waals surface area contributed by atoms with E-state index in [-0.39, 0.29) is 23.5 Å². The van der Waals surface area contributed by atoms with E-state index >= 15 is 0 Å².